The summed E-state index contributed by atoms with van der Waals surface area (Å²) in [5.74, 6) is 4.06. The number of rotatable bonds is 10. The van der Waals surface area contributed by atoms with E-state index in [0.29, 0.717) is 25.0 Å². The molecule has 32 heavy (non-hydrogen) atoms. The fraction of sp³-hybridized carbons (Fsp3) is 0.826. The first-order chi connectivity index (χ1) is 15.1. The van der Waals surface area contributed by atoms with Crippen LogP contribution in [0.4, 0.5) is 0 Å². The monoisotopic (exact) mass is 563 g/mol. The molecule has 1 aromatic rings. The molecule has 8 nitrogen and oxygen atoms in total. The summed E-state index contributed by atoms with van der Waals surface area (Å²) in [5, 5.41) is 3.49. The lowest BCUT2D eigenvalue weighted by atomic mass is 9.97. The summed E-state index contributed by atoms with van der Waals surface area (Å²) in [4.78, 5) is 14.4. The van der Waals surface area contributed by atoms with Gasteiger partial charge in [0.25, 0.3) is 0 Å². The van der Waals surface area contributed by atoms with Gasteiger partial charge in [0, 0.05) is 39.2 Å². The molecule has 9 heteroatoms. The van der Waals surface area contributed by atoms with Gasteiger partial charge in [-0.05, 0) is 59.0 Å². The number of likely N-dealkylation sites (tertiary alicyclic amines) is 2. The third-order valence-corrected chi connectivity index (χ3v) is 6.34. The molecule has 1 unspecified atom stereocenters. The summed E-state index contributed by atoms with van der Waals surface area (Å²) in [6, 6.07) is 0. The van der Waals surface area contributed by atoms with Crippen LogP contribution in [0, 0.1) is 25.7 Å². The van der Waals surface area contributed by atoms with Crippen molar-refractivity contribution in [3.05, 3.63) is 17.3 Å². The van der Waals surface area contributed by atoms with E-state index in [0.717, 1.165) is 82.1 Å². The number of nitrogens with one attached hydrogen (secondary N) is 1. The molecule has 1 aromatic heterocycles. The number of hydrogen-bond acceptors (Lipinski definition) is 6. The largest absolute Gasteiger partial charge is 0.444 e. The maximum atomic E-state index is 5.75. The van der Waals surface area contributed by atoms with E-state index in [1.54, 1.807) is 7.11 Å². The number of oxazole rings is 1. The Morgan fingerprint density at radius 2 is 1.91 bits per heavy atom. The number of aryl methyl sites for hydroxylation is 2. The number of guanidine groups is 1. The summed E-state index contributed by atoms with van der Waals surface area (Å²) in [6.45, 7) is 15.1. The Hall–Kier alpha value is -0.910. The van der Waals surface area contributed by atoms with Crippen LogP contribution in [0.3, 0.4) is 0 Å². The second-order valence-corrected chi connectivity index (χ2v) is 8.83. The van der Waals surface area contributed by atoms with Crippen LogP contribution >= 0.6 is 24.0 Å². The normalized spacial score (nSPS) is 20.6. The number of nitrogens with zero attached hydrogens (tertiary/aromatic N) is 4. The van der Waals surface area contributed by atoms with Crippen LogP contribution in [0.5, 0.6) is 0 Å². The van der Waals surface area contributed by atoms with Crippen molar-refractivity contribution >= 4 is 29.9 Å². The maximum Gasteiger partial charge on any atom is 0.208 e. The summed E-state index contributed by atoms with van der Waals surface area (Å²) < 4.78 is 16.5. The van der Waals surface area contributed by atoms with Crippen molar-refractivity contribution in [1.82, 2.24) is 20.1 Å². The van der Waals surface area contributed by atoms with Crippen molar-refractivity contribution in [1.29, 1.82) is 0 Å². The average Bonchev–Trinajstić information content (AvgIpc) is 3.36. The first kappa shape index (κ1) is 27.3. The average molecular weight is 564 g/mol. The summed E-state index contributed by atoms with van der Waals surface area (Å²) in [5.41, 5.74) is 1.00. The lowest BCUT2D eigenvalue weighted by Gasteiger charge is -2.30. The zero-order chi connectivity index (χ0) is 22.1. The van der Waals surface area contributed by atoms with Gasteiger partial charge >= 0.3 is 0 Å². The molecule has 0 bridgehead atoms. The second-order valence-electron chi connectivity index (χ2n) is 8.83. The van der Waals surface area contributed by atoms with Gasteiger partial charge in [-0.25, -0.2) is 4.98 Å². The van der Waals surface area contributed by atoms with E-state index in [2.05, 4.69) is 27.0 Å². The Bertz CT molecular complexity index is 672. The lowest BCUT2D eigenvalue weighted by Crippen LogP contribution is -2.41. The highest BCUT2D eigenvalue weighted by Gasteiger charge is 2.26. The second kappa shape index (κ2) is 14.4. The van der Waals surface area contributed by atoms with Gasteiger partial charge in [0.05, 0.1) is 32.1 Å². The van der Waals surface area contributed by atoms with E-state index >= 15 is 0 Å². The van der Waals surface area contributed by atoms with E-state index in [4.69, 9.17) is 18.9 Å². The van der Waals surface area contributed by atoms with Crippen molar-refractivity contribution < 1.29 is 13.9 Å². The smallest absolute Gasteiger partial charge is 0.208 e. The van der Waals surface area contributed by atoms with Crippen LogP contribution in [0.1, 0.15) is 43.5 Å². The molecule has 0 amide bonds. The van der Waals surface area contributed by atoms with Crippen LogP contribution in [-0.2, 0) is 16.0 Å². The van der Waals surface area contributed by atoms with Gasteiger partial charge in [0.15, 0.2) is 5.96 Å². The number of ether oxygens (including phenoxy) is 2. The van der Waals surface area contributed by atoms with Crippen molar-refractivity contribution in [2.24, 2.45) is 16.8 Å². The molecule has 2 saturated heterocycles. The molecule has 0 radical (unpaired) electrons. The molecule has 3 rings (SSSR count). The summed E-state index contributed by atoms with van der Waals surface area (Å²) in [7, 11) is 1.71. The Morgan fingerprint density at radius 1 is 1.16 bits per heavy atom. The number of halogens is 1. The van der Waals surface area contributed by atoms with Crippen molar-refractivity contribution in [3.63, 3.8) is 0 Å². The topological polar surface area (TPSA) is 75.4 Å². The molecule has 1 N–H and O–H groups in total. The molecule has 1 atom stereocenters. The first-order valence-corrected chi connectivity index (χ1v) is 11.8. The minimum atomic E-state index is 0. The molecule has 2 aliphatic rings. The maximum absolute atomic E-state index is 5.75. The number of methoxy groups -OCH3 is 1. The zero-order valence-electron chi connectivity index (χ0n) is 20.3. The number of hydrogen-bond donors (Lipinski definition) is 1. The predicted octanol–water partition coefficient (Wildman–Crippen LogP) is 3.07. The molecule has 184 valence electrons. The Balaban J connectivity index is 0.00000363. The van der Waals surface area contributed by atoms with Crippen LogP contribution in [0.2, 0.25) is 0 Å². The molecular formula is C23H42IN5O3. The van der Waals surface area contributed by atoms with Gasteiger partial charge in [-0.3, -0.25) is 9.89 Å². The van der Waals surface area contributed by atoms with E-state index in [1.807, 2.05) is 13.8 Å². The zero-order valence-corrected chi connectivity index (χ0v) is 22.6. The minimum absolute atomic E-state index is 0. The number of aromatic nitrogens is 1. The van der Waals surface area contributed by atoms with Crippen molar-refractivity contribution in [2.75, 3.05) is 66.2 Å². The number of aliphatic imine (C=N–C) groups is 1. The van der Waals surface area contributed by atoms with Gasteiger partial charge in [-0.1, -0.05) is 0 Å². The van der Waals surface area contributed by atoms with E-state index in [9.17, 15) is 0 Å². The Labute approximate surface area is 210 Å². The highest BCUT2D eigenvalue weighted by atomic mass is 127. The van der Waals surface area contributed by atoms with Crippen molar-refractivity contribution in [2.45, 2.75) is 46.6 Å². The standard InChI is InChI=1S/C23H41N5O3.HI/c1-5-24-23(28-11-8-21(15-28)17-30-13-12-29-4)25-14-20-6-9-27(10-7-20)16-22-26-18(2)19(3)31-22;/h20-21H,5-17H2,1-4H3,(H,24,25);1H. The van der Waals surface area contributed by atoms with Crippen LogP contribution in [0.25, 0.3) is 0 Å². The minimum Gasteiger partial charge on any atom is -0.444 e. The molecule has 3 heterocycles. The Morgan fingerprint density at radius 3 is 2.56 bits per heavy atom. The van der Waals surface area contributed by atoms with E-state index in [1.165, 1.54) is 12.8 Å². The lowest BCUT2D eigenvalue weighted by molar-refractivity contribution is 0.0536. The third kappa shape index (κ3) is 8.46. The third-order valence-electron chi connectivity index (χ3n) is 6.34. The van der Waals surface area contributed by atoms with Gasteiger partial charge < -0.3 is 24.1 Å². The van der Waals surface area contributed by atoms with Gasteiger partial charge in [-0.2, -0.15) is 0 Å². The molecule has 2 aliphatic heterocycles. The van der Waals surface area contributed by atoms with Crippen molar-refractivity contribution in [3.8, 4) is 0 Å². The summed E-state index contributed by atoms with van der Waals surface area (Å²) >= 11 is 0. The predicted molar refractivity (Wildman–Crippen MR) is 138 cm³/mol. The molecule has 2 fully saturated rings. The SMILES string of the molecule is CCNC(=NCC1CCN(Cc2nc(C)c(C)o2)CC1)N1CCC(COCCOC)C1.I. The first-order valence-electron chi connectivity index (χ1n) is 11.8. The fourth-order valence-electron chi connectivity index (χ4n) is 4.32. The van der Waals surface area contributed by atoms with Crippen LogP contribution in [0.15, 0.2) is 9.41 Å². The van der Waals surface area contributed by atoms with Gasteiger partial charge in [0.1, 0.15) is 5.76 Å². The molecule has 0 aliphatic carbocycles. The van der Waals surface area contributed by atoms with Gasteiger partial charge in [-0.15, -0.1) is 24.0 Å². The number of piperidine rings is 1. The van der Waals surface area contributed by atoms with E-state index in [-0.39, 0.29) is 24.0 Å². The molecule has 0 saturated carbocycles. The van der Waals surface area contributed by atoms with E-state index < -0.39 is 0 Å². The fourth-order valence-corrected chi connectivity index (χ4v) is 4.32. The quantitative estimate of drug-likeness (QED) is 0.203. The molecule has 0 spiro atoms. The van der Waals surface area contributed by atoms with Crippen LogP contribution in [-0.4, -0.2) is 86.9 Å². The van der Waals surface area contributed by atoms with Gasteiger partial charge in [0.2, 0.25) is 5.89 Å². The summed E-state index contributed by atoms with van der Waals surface area (Å²) in [6.07, 6.45) is 3.52. The van der Waals surface area contributed by atoms with Crippen LogP contribution < -0.4 is 5.32 Å². The highest BCUT2D eigenvalue weighted by molar-refractivity contribution is 14.0. The molecular weight excluding hydrogens is 521 g/mol. The Kier molecular flexibility index (Phi) is 12.3. The highest BCUT2D eigenvalue weighted by Crippen LogP contribution is 2.21. The molecule has 0 aromatic carbocycles.